The van der Waals surface area contributed by atoms with Crippen LogP contribution in [-0.2, 0) is 0 Å². The maximum atomic E-state index is 9.80. The molecule has 0 bridgehead atoms. The van der Waals surface area contributed by atoms with Crippen LogP contribution in [0.4, 0.5) is 0 Å². The SMILES string of the molecule is [2H]c1cc(-c2c([2H])c([2H])c([2H])c([2H])c2[2H])c2c(oc3c([2H])c([2H])c(-c4c5c([2H])c([2H])c([2H])c([2H])c5c(-c5c([2H])c([2H])c([2H])c([2H])c5[2H])c5c([2H])c([2H])c([2H])c([2H])c45)c([2H])c32)c1[2H]. The van der Waals surface area contributed by atoms with Gasteiger partial charge in [0, 0.05) is 10.8 Å². The van der Waals surface area contributed by atoms with Crippen molar-refractivity contribution in [2.75, 3.05) is 0 Å². The minimum absolute atomic E-state index is 0.316. The molecule has 39 heavy (non-hydrogen) atoms. The molecule has 0 aliphatic heterocycles. The van der Waals surface area contributed by atoms with Crippen molar-refractivity contribution in [1.82, 2.24) is 0 Å². The number of rotatable bonds is 3. The Bertz CT molecular complexity index is 3300. The average molecular weight is 520 g/mol. The van der Waals surface area contributed by atoms with Crippen molar-refractivity contribution < 1.29 is 35.9 Å². The molecule has 0 aliphatic rings. The molecule has 0 saturated carbocycles. The lowest BCUT2D eigenvalue weighted by molar-refractivity contribution is 0.669. The highest BCUT2D eigenvalue weighted by molar-refractivity contribution is 6.22. The lowest BCUT2D eigenvalue weighted by Gasteiger charge is -2.17. The molecule has 0 spiro atoms. The Morgan fingerprint density at radius 2 is 0.949 bits per heavy atom. The first kappa shape index (κ1) is 8.97. The van der Waals surface area contributed by atoms with Crippen LogP contribution >= 0.6 is 0 Å². The minimum Gasteiger partial charge on any atom is -0.456 e. The molecule has 0 N–H and O–H groups in total. The molecular weight excluding hydrogens is 472 g/mol. The highest BCUT2D eigenvalue weighted by atomic mass is 16.3. The third kappa shape index (κ3) is 3.41. The standard InChI is InChI=1S/C38H24O/c1-3-12-25(13-4-1)28-20-11-21-35-38(28)33-24-27(22-23-34(33)39-35)37-31-18-9-7-16-29(31)36(26-14-5-2-6-15-26)30-17-8-10-19-32(30)37/h1-24H/i1D,2D,3D,4D,5D,6D,7D,8D,9D,10D,11D,12D,13D,14D,15D,16D,17D,18D,19D,21D,22D,23D,24D. The van der Waals surface area contributed by atoms with E-state index in [9.17, 15) is 9.60 Å². The van der Waals surface area contributed by atoms with Gasteiger partial charge in [-0.25, -0.2) is 0 Å². The third-order valence-electron chi connectivity index (χ3n) is 6.28. The fraction of sp³-hybridized carbons (Fsp3) is 0. The zero-order chi connectivity index (χ0) is 45.8. The second-order valence-corrected chi connectivity index (χ2v) is 8.34. The minimum atomic E-state index is -0.916. The molecule has 0 aliphatic carbocycles. The summed E-state index contributed by atoms with van der Waals surface area (Å²) in [4.78, 5) is 0. The van der Waals surface area contributed by atoms with Gasteiger partial charge in [-0.15, -0.1) is 0 Å². The van der Waals surface area contributed by atoms with Crippen molar-refractivity contribution in [3.8, 4) is 33.4 Å². The summed E-state index contributed by atoms with van der Waals surface area (Å²) >= 11 is 0. The molecule has 1 aromatic heterocycles. The van der Waals surface area contributed by atoms with E-state index in [0.717, 1.165) is 6.07 Å². The van der Waals surface area contributed by atoms with Crippen molar-refractivity contribution in [2.24, 2.45) is 0 Å². The number of hydrogen-bond acceptors (Lipinski definition) is 1. The summed E-state index contributed by atoms with van der Waals surface area (Å²) in [6, 6.07) is -18.2. The predicted molar refractivity (Wildman–Crippen MR) is 165 cm³/mol. The normalized spacial score (nSPS) is 19.8. The quantitative estimate of drug-likeness (QED) is 0.212. The molecule has 182 valence electrons. The Morgan fingerprint density at radius 1 is 0.410 bits per heavy atom. The van der Waals surface area contributed by atoms with Crippen molar-refractivity contribution in [3.05, 3.63) is 145 Å². The maximum absolute atomic E-state index is 9.80. The lowest BCUT2D eigenvalue weighted by atomic mass is 9.85. The summed E-state index contributed by atoms with van der Waals surface area (Å²) in [7, 11) is 0. The van der Waals surface area contributed by atoms with Crippen molar-refractivity contribution >= 4 is 43.5 Å². The molecule has 0 radical (unpaired) electrons. The van der Waals surface area contributed by atoms with E-state index in [-0.39, 0.29) is 10.9 Å². The van der Waals surface area contributed by atoms with Crippen LogP contribution < -0.4 is 0 Å². The van der Waals surface area contributed by atoms with E-state index >= 15 is 0 Å². The maximum Gasteiger partial charge on any atom is 0.136 e. The van der Waals surface area contributed by atoms with Gasteiger partial charge >= 0.3 is 0 Å². The monoisotopic (exact) mass is 519 g/mol. The van der Waals surface area contributed by atoms with Crippen LogP contribution in [0.15, 0.2) is 149 Å². The number of furan rings is 1. The Labute approximate surface area is 258 Å². The van der Waals surface area contributed by atoms with E-state index in [0.29, 0.717) is 0 Å². The van der Waals surface area contributed by atoms with Gasteiger partial charge in [-0.05, 0) is 73.1 Å². The molecule has 0 atom stereocenters. The van der Waals surface area contributed by atoms with E-state index in [4.69, 9.17) is 26.3 Å². The Morgan fingerprint density at radius 3 is 1.56 bits per heavy atom. The number of fused-ring (bicyclic) bond motifs is 5. The van der Waals surface area contributed by atoms with Crippen LogP contribution in [-0.4, -0.2) is 0 Å². The van der Waals surface area contributed by atoms with Crippen LogP contribution in [0.25, 0.3) is 76.9 Å². The highest BCUT2D eigenvalue weighted by Crippen LogP contribution is 2.45. The molecular formula is C38H24O. The van der Waals surface area contributed by atoms with E-state index < -0.39 is 205 Å². The molecule has 1 heterocycles. The summed E-state index contributed by atoms with van der Waals surface area (Å²) in [5.74, 6) is 0. The van der Waals surface area contributed by atoms with Gasteiger partial charge < -0.3 is 4.42 Å². The summed E-state index contributed by atoms with van der Waals surface area (Å²) in [5, 5.41) is -3.29. The molecule has 8 rings (SSSR count). The second kappa shape index (κ2) is 8.72. The summed E-state index contributed by atoms with van der Waals surface area (Å²) in [6.45, 7) is 0. The van der Waals surface area contributed by atoms with Crippen LogP contribution in [0, 0.1) is 0 Å². The number of benzene rings is 7. The van der Waals surface area contributed by atoms with Gasteiger partial charge in [-0.2, -0.15) is 0 Å². The van der Waals surface area contributed by atoms with E-state index in [1.54, 1.807) is 0 Å². The predicted octanol–water partition coefficient (Wildman–Crippen LogP) is 10.9. The van der Waals surface area contributed by atoms with E-state index in [1.807, 2.05) is 0 Å². The van der Waals surface area contributed by atoms with E-state index in [1.165, 1.54) is 0 Å². The van der Waals surface area contributed by atoms with Crippen molar-refractivity contribution in [3.63, 3.8) is 0 Å². The highest BCUT2D eigenvalue weighted by Gasteiger charge is 2.18. The zero-order valence-corrected chi connectivity index (χ0v) is 19.5. The zero-order valence-electron chi connectivity index (χ0n) is 42.5. The van der Waals surface area contributed by atoms with Crippen LogP contribution in [0.1, 0.15) is 31.5 Å². The van der Waals surface area contributed by atoms with Gasteiger partial charge in [-0.3, -0.25) is 0 Å². The fourth-order valence-electron chi connectivity index (χ4n) is 4.71. The second-order valence-electron chi connectivity index (χ2n) is 8.34. The topological polar surface area (TPSA) is 13.1 Å². The lowest BCUT2D eigenvalue weighted by Crippen LogP contribution is -1.90. The van der Waals surface area contributed by atoms with Gasteiger partial charge in [0.15, 0.2) is 0 Å². The van der Waals surface area contributed by atoms with Gasteiger partial charge in [0.25, 0.3) is 0 Å². The van der Waals surface area contributed by atoms with Crippen molar-refractivity contribution in [2.45, 2.75) is 0 Å². The third-order valence-corrected chi connectivity index (χ3v) is 6.28. The molecule has 0 unspecified atom stereocenters. The first-order valence-electron chi connectivity index (χ1n) is 23.0. The van der Waals surface area contributed by atoms with Gasteiger partial charge in [0.05, 0.1) is 31.5 Å². The average Bonchev–Trinajstić information content (AvgIpc) is 3.66. The first-order valence-corrected chi connectivity index (χ1v) is 11.5. The van der Waals surface area contributed by atoms with Crippen LogP contribution in [0.3, 0.4) is 0 Å². The number of hydrogen-bond donors (Lipinski definition) is 0. The van der Waals surface area contributed by atoms with Crippen LogP contribution in [0.5, 0.6) is 0 Å². The molecule has 1 heteroatoms. The van der Waals surface area contributed by atoms with Crippen molar-refractivity contribution in [1.29, 1.82) is 0 Å². The van der Waals surface area contributed by atoms with Crippen LogP contribution in [0.2, 0.25) is 0 Å². The fourth-order valence-corrected chi connectivity index (χ4v) is 4.71. The van der Waals surface area contributed by atoms with Gasteiger partial charge in [-0.1, -0.05) is 127 Å². The smallest absolute Gasteiger partial charge is 0.136 e. The van der Waals surface area contributed by atoms with Gasteiger partial charge in [0.1, 0.15) is 11.2 Å². The molecule has 7 aromatic carbocycles. The first-order chi connectivity index (χ1) is 28.9. The largest absolute Gasteiger partial charge is 0.456 e. The summed E-state index contributed by atoms with van der Waals surface area (Å²) < 4.78 is 208. The summed E-state index contributed by atoms with van der Waals surface area (Å²) in [5.41, 5.74) is -4.49. The molecule has 0 amide bonds. The molecule has 8 aromatic rings. The van der Waals surface area contributed by atoms with Gasteiger partial charge in [0.2, 0.25) is 0 Å². The Kier molecular flexibility index (Phi) is 2.00. The Hall–Kier alpha value is -5.14. The molecule has 0 saturated heterocycles. The van der Waals surface area contributed by atoms with E-state index in [2.05, 4.69) is 0 Å². The molecule has 1 nitrogen and oxygen atoms in total. The summed E-state index contributed by atoms with van der Waals surface area (Å²) in [6.07, 6.45) is 0. The molecule has 0 fully saturated rings. The Balaban J connectivity index is 1.73.